The third kappa shape index (κ3) is 3.14. The maximum atomic E-state index is 3.34. The molecule has 0 amide bonds. The molecular formula is C13H13AsN. The van der Waals surface area contributed by atoms with E-state index < -0.39 is 0 Å². The monoisotopic (exact) mass is 258 g/mol. The number of anilines is 1. The van der Waals surface area contributed by atoms with Crippen LogP contribution >= 0.6 is 0 Å². The summed E-state index contributed by atoms with van der Waals surface area (Å²) in [5.41, 5.74) is 2.36. The first-order valence-electron chi connectivity index (χ1n) is 4.89. The van der Waals surface area contributed by atoms with E-state index in [0.29, 0.717) is 0 Å². The standard InChI is InChI=1S/C13H13AsN/c14-12-6-4-5-11(9-12)10-15-13-7-2-1-3-8-13/h1-7,9,15H,10,14H2. The molecule has 0 saturated carbocycles. The minimum absolute atomic E-state index is 0.859. The zero-order chi connectivity index (χ0) is 10.5. The zero-order valence-corrected chi connectivity index (χ0v) is 10.8. The molecule has 0 aliphatic rings. The van der Waals surface area contributed by atoms with Gasteiger partial charge in [-0.3, -0.25) is 0 Å². The van der Waals surface area contributed by atoms with Crippen LogP contribution in [0.15, 0.2) is 48.5 Å². The van der Waals surface area contributed by atoms with Crippen LogP contribution in [-0.4, -0.2) is 16.9 Å². The first kappa shape index (κ1) is 10.3. The van der Waals surface area contributed by atoms with Crippen molar-refractivity contribution < 1.29 is 0 Å². The number of para-hydroxylation sites is 1. The molecule has 0 aliphatic carbocycles. The number of benzene rings is 2. The molecule has 2 aromatic carbocycles. The Morgan fingerprint density at radius 2 is 2.07 bits per heavy atom. The van der Waals surface area contributed by atoms with E-state index in [1.54, 1.807) is 16.9 Å². The summed E-state index contributed by atoms with van der Waals surface area (Å²) in [5, 5.41) is 3.34. The average molecular weight is 258 g/mol. The second kappa shape index (κ2) is 5.04. The van der Waals surface area contributed by atoms with Crippen molar-refractivity contribution in [3.05, 3.63) is 60.2 Å². The van der Waals surface area contributed by atoms with E-state index in [1.165, 1.54) is 9.91 Å². The first-order valence-corrected chi connectivity index (χ1v) is 6.11. The summed E-state index contributed by atoms with van der Waals surface area (Å²) in [5.74, 6) is 0. The number of hydrogen-bond donors (Lipinski definition) is 1. The Bertz CT molecular complexity index is 426. The Labute approximate surface area is 99.0 Å². The Morgan fingerprint density at radius 3 is 2.80 bits per heavy atom. The summed E-state index contributed by atoms with van der Waals surface area (Å²) in [6.45, 7) is 0.859. The fourth-order valence-corrected chi connectivity index (χ4v) is 2.09. The van der Waals surface area contributed by atoms with Crippen molar-refractivity contribution in [2.24, 2.45) is 0 Å². The van der Waals surface area contributed by atoms with Crippen molar-refractivity contribution in [3.63, 3.8) is 0 Å². The molecule has 0 bridgehead atoms. The zero-order valence-electron chi connectivity index (χ0n) is 8.40. The van der Waals surface area contributed by atoms with Gasteiger partial charge >= 0.3 is 98.9 Å². The molecule has 1 atom stereocenters. The van der Waals surface area contributed by atoms with Gasteiger partial charge in [0.1, 0.15) is 0 Å². The second-order valence-corrected chi connectivity index (χ2v) is 4.77. The summed E-state index contributed by atoms with van der Waals surface area (Å²) in [4.78, 5) is 0. The maximum absolute atomic E-state index is 3.34. The minimum atomic E-state index is 0.859. The molecule has 0 fully saturated rings. The van der Waals surface area contributed by atoms with Gasteiger partial charge in [0.25, 0.3) is 0 Å². The Morgan fingerprint density at radius 1 is 1.13 bits per heavy atom. The molecule has 75 valence electrons. The Kier molecular flexibility index (Phi) is 3.47. The van der Waals surface area contributed by atoms with Gasteiger partial charge in [0.05, 0.1) is 0 Å². The average Bonchev–Trinajstić information content (AvgIpc) is 2.28. The van der Waals surface area contributed by atoms with Gasteiger partial charge in [-0.2, -0.15) is 0 Å². The van der Waals surface area contributed by atoms with Crippen molar-refractivity contribution >= 4 is 26.9 Å². The molecule has 1 nitrogen and oxygen atoms in total. The van der Waals surface area contributed by atoms with E-state index in [0.717, 1.165) is 12.2 Å². The molecule has 0 spiro atoms. The molecule has 15 heavy (non-hydrogen) atoms. The van der Waals surface area contributed by atoms with Crippen molar-refractivity contribution in [3.8, 4) is 0 Å². The fourth-order valence-electron chi connectivity index (χ4n) is 1.40. The van der Waals surface area contributed by atoms with E-state index in [1.807, 2.05) is 24.3 Å². The van der Waals surface area contributed by atoms with Gasteiger partial charge in [-0.05, 0) is 0 Å². The summed E-state index contributed by atoms with van der Waals surface area (Å²) in [7, 11) is 0. The van der Waals surface area contributed by atoms with Crippen LogP contribution in [0, 0.1) is 6.07 Å². The van der Waals surface area contributed by atoms with Crippen LogP contribution in [0.4, 0.5) is 5.69 Å². The number of rotatable bonds is 3. The van der Waals surface area contributed by atoms with Crippen LogP contribution in [0.25, 0.3) is 0 Å². The van der Waals surface area contributed by atoms with Gasteiger partial charge in [0.15, 0.2) is 0 Å². The van der Waals surface area contributed by atoms with E-state index >= 15 is 0 Å². The summed E-state index contributed by atoms with van der Waals surface area (Å²) >= 11 is 1.66. The third-order valence-electron chi connectivity index (χ3n) is 2.14. The summed E-state index contributed by atoms with van der Waals surface area (Å²) in [6.07, 6.45) is 0. The van der Waals surface area contributed by atoms with Crippen LogP contribution in [0.2, 0.25) is 0 Å². The second-order valence-electron chi connectivity index (χ2n) is 3.37. The van der Waals surface area contributed by atoms with E-state index in [4.69, 9.17) is 0 Å². The van der Waals surface area contributed by atoms with Gasteiger partial charge in [0, 0.05) is 0 Å². The third-order valence-corrected chi connectivity index (χ3v) is 2.90. The molecule has 0 heterocycles. The predicted octanol–water partition coefficient (Wildman–Crippen LogP) is 1.36. The predicted molar refractivity (Wildman–Crippen MR) is 67.2 cm³/mol. The van der Waals surface area contributed by atoms with Gasteiger partial charge in [0.2, 0.25) is 0 Å². The van der Waals surface area contributed by atoms with Crippen molar-refractivity contribution in [1.29, 1.82) is 0 Å². The SMILES string of the molecule is [AsH2]c1cccc(CNc2[c]cccc2)c1. The molecule has 2 aromatic rings. The molecule has 2 heteroatoms. The van der Waals surface area contributed by atoms with Crippen molar-refractivity contribution in [2.75, 3.05) is 5.32 Å². The quantitative estimate of drug-likeness (QED) is 0.820. The topological polar surface area (TPSA) is 12.0 Å². The van der Waals surface area contributed by atoms with Crippen LogP contribution in [0.3, 0.4) is 0 Å². The number of nitrogens with one attached hydrogen (secondary N) is 1. The van der Waals surface area contributed by atoms with Gasteiger partial charge in [-0.15, -0.1) is 0 Å². The van der Waals surface area contributed by atoms with Crippen LogP contribution in [0.5, 0.6) is 0 Å². The fraction of sp³-hybridized carbons (Fsp3) is 0.0769. The van der Waals surface area contributed by atoms with Crippen molar-refractivity contribution in [1.82, 2.24) is 0 Å². The van der Waals surface area contributed by atoms with Gasteiger partial charge in [-0.25, -0.2) is 0 Å². The molecule has 1 unspecified atom stereocenters. The normalized spacial score (nSPS) is 9.93. The molecule has 0 aromatic heterocycles. The summed E-state index contributed by atoms with van der Waals surface area (Å²) < 4.78 is 1.36. The van der Waals surface area contributed by atoms with Crippen molar-refractivity contribution in [2.45, 2.75) is 6.54 Å². The van der Waals surface area contributed by atoms with E-state index in [2.05, 4.69) is 35.6 Å². The van der Waals surface area contributed by atoms with Crippen LogP contribution in [-0.2, 0) is 6.54 Å². The molecule has 0 aliphatic heterocycles. The molecule has 1 N–H and O–H groups in total. The molecule has 0 saturated heterocycles. The first-order chi connectivity index (χ1) is 7.34. The van der Waals surface area contributed by atoms with E-state index in [-0.39, 0.29) is 0 Å². The van der Waals surface area contributed by atoms with Crippen LogP contribution in [0.1, 0.15) is 5.56 Å². The molecule has 2 rings (SSSR count). The van der Waals surface area contributed by atoms with Gasteiger partial charge in [-0.1, -0.05) is 0 Å². The molecular weight excluding hydrogens is 245 g/mol. The number of hydrogen-bond acceptors (Lipinski definition) is 1. The summed E-state index contributed by atoms with van der Waals surface area (Å²) in [6, 6.07) is 19.7. The van der Waals surface area contributed by atoms with Crippen LogP contribution < -0.4 is 9.67 Å². The van der Waals surface area contributed by atoms with Gasteiger partial charge < -0.3 is 0 Å². The Hall–Kier alpha value is -1.20. The molecule has 1 radical (unpaired) electrons. The van der Waals surface area contributed by atoms with E-state index in [9.17, 15) is 0 Å². The Balaban J connectivity index is 1.99.